The molecule has 0 saturated carbocycles. The molecule has 0 aliphatic heterocycles. The van der Waals surface area contributed by atoms with Gasteiger partial charge in [0.2, 0.25) is 0 Å². The van der Waals surface area contributed by atoms with E-state index in [2.05, 4.69) is 4.98 Å². The van der Waals surface area contributed by atoms with Gasteiger partial charge < -0.3 is 9.64 Å². The van der Waals surface area contributed by atoms with E-state index in [1.54, 1.807) is 35.4 Å². The Morgan fingerprint density at radius 1 is 1.24 bits per heavy atom. The summed E-state index contributed by atoms with van der Waals surface area (Å²) in [5.41, 5.74) is 0.727. The maximum atomic E-state index is 12.8. The quantitative estimate of drug-likeness (QED) is 0.633. The van der Waals surface area contributed by atoms with Crippen LogP contribution in [0.2, 0.25) is 10.0 Å². The Hall–Kier alpha value is -1.63. The SMILES string of the molecule is CCCN(Cc1nc(C(=O)OCC)cs1)C(=O)c1ccc(Cl)c(Cl)c1. The van der Waals surface area contributed by atoms with Gasteiger partial charge in [-0.2, -0.15) is 0 Å². The maximum Gasteiger partial charge on any atom is 0.357 e. The summed E-state index contributed by atoms with van der Waals surface area (Å²) < 4.78 is 4.93. The maximum absolute atomic E-state index is 12.8. The average molecular weight is 401 g/mol. The second-order valence-electron chi connectivity index (χ2n) is 5.20. The fourth-order valence-corrected chi connectivity index (χ4v) is 3.26. The van der Waals surface area contributed by atoms with Gasteiger partial charge >= 0.3 is 5.97 Å². The van der Waals surface area contributed by atoms with E-state index in [4.69, 9.17) is 27.9 Å². The highest BCUT2D eigenvalue weighted by Crippen LogP contribution is 2.24. The number of aromatic nitrogens is 1. The van der Waals surface area contributed by atoms with Crippen LogP contribution in [0.1, 0.15) is 46.1 Å². The zero-order valence-electron chi connectivity index (χ0n) is 13.9. The molecule has 0 radical (unpaired) electrons. The summed E-state index contributed by atoms with van der Waals surface area (Å²) in [5.74, 6) is -0.615. The molecular formula is C17H18Cl2N2O3S. The Labute approximate surface area is 160 Å². The fourth-order valence-electron chi connectivity index (χ4n) is 2.18. The third kappa shape index (κ3) is 5.17. The number of hydrogen-bond donors (Lipinski definition) is 0. The Morgan fingerprint density at radius 3 is 2.64 bits per heavy atom. The highest BCUT2D eigenvalue weighted by atomic mass is 35.5. The highest BCUT2D eigenvalue weighted by Gasteiger charge is 2.19. The van der Waals surface area contributed by atoms with Gasteiger partial charge in [0.05, 0.1) is 23.2 Å². The molecule has 0 bridgehead atoms. The van der Waals surface area contributed by atoms with Crippen molar-refractivity contribution in [1.82, 2.24) is 9.88 Å². The number of carbonyl (C=O) groups is 2. The fraction of sp³-hybridized carbons (Fsp3) is 0.353. The monoisotopic (exact) mass is 400 g/mol. The van der Waals surface area contributed by atoms with Gasteiger partial charge in [-0.25, -0.2) is 9.78 Å². The predicted octanol–water partition coefficient (Wildman–Crippen LogP) is 4.68. The molecule has 5 nitrogen and oxygen atoms in total. The van der Waals surface area contributed by atoms with E-state index in [-0.39, 0.29) is 11.6 Å². The molecule has 134 valence electrons. The summed E-state index contributed by atoms with van der Waals surface area (Å²) in [6.45, 7) is 4.90. The van der Waals surface area contributed by atoms with Gasteiger partial charge in [-0.1, -0.05) is 30.1 Å². The number of benzene rings is 1. The number of nitrogens with zero attached hydrogens (tertiary/aromatic N) is 2. The molecule has 0 saturated heterocycles. The third-order valence-electron chi connectivity index (χ3n) is 3.31. The molecule has 1 amide bonds. The lowest BCUT2D eigenvalue weighted by molar-refractivity contribution is 0.0520. The van der Waals surface area contributed by atoms with E-state index in [0.717, 1.165) is 6.42 Å². The molecule has 1 aromatic carbocycles. The molecule has 0 N–H and O–H groups in total. The van der Waals surface area contributed by atoms with Crippen LogP contribution in [0.3, 0.4) is 0 Å². The lowest BCUT2D eigenvalue weighted by Crippen LogP contribution is -2.31. The second kappa shape index (κ2) is 9.17. The number of halogens is 2. The van der Waals surface area contributed by atoms with Crippen LogP contribution in [-0.4, -0.2) is 34.9 Å². The Kier molecular flexibility index (Phi) is 7.23. The van der Waals surface area contributed by atoms with Crippen molar-refractivity contribution in [3.05, 3.63) is 49.9 Å². The van der Waals surface area contributed by atoms with E-state index < -0.39 is 5.97 Å². The van der Waals surface area contributed by atoms with Gasteiger partial charge in [0.25, 0.3) is 5.91 Å². The summed E-state index contributed by atoms with van der Waals surface area (Å²) in [7, 11) is 0. The van der Waals surface area contributed by atoms with Crippen molar-refractivity contribution in [2.45, 2.75) is 26.8 Å². The van der Waals surface area contributed by atoms with Crippen LogP contribution >= 0.6 is 34.5 Å². The third-order valence-corrected chi connectivity index (χ3v) is 4.88. The lowest BCUT2D eigenvalue weighted by atomic mass is 10.2. The number of thiazole rings is 1. The van der Waals surface area contributed by atoms with Crippen LogP contribution < -0.4 is 0 Å². The van der Waals surface area contributed by atoms with E-state index in [1.807, 2.05) is 6.92 Å². The van der Waals surface area contributed by atoms with Crippen LogP contribution in [-0.2, 0) is 11.3 Å². The predicted molar refractivity (Wildman–Crippen MR) is 99.6 cm³/mol. The highest BCUT2D eigenvalue weighted by molar-refractivity contribution is 7.09. The average Bonchev–Trinajstić information content (AvgIpc) is 3.05. The van der Waals surface area contributed by atoms with Crippen molar-refractivity contribution in [3.8, 4) is 0 Å². The first-order valence-corrected chi connectivity index (χ1v) is 9.45. The standard InChI is InChI=1S/C17H18Cl2N2O3S/c1-3-7-21(16(22)11-5-6-12(18)13(19)8-11)9-15-20-14(10-25-15)17(23)24-4-2/h5-6,8,10H,3-4,7,9H2,1-2H3. The van der Waals surface area contributed by atoms with Gasteiger partial charge in [-0.05, 0) is 31.5 Å². The van der Waals surface area contributed by atoms with Crippen LogP contribution in [0.4, 0.5) is 0 Å². The van der Waals surface area contributed by atoms with Crippen LogP contribution in [0.25, 0.3) is 0 Å². The minimum absolute atomic E-state index is 0.159. The lowest BCUT2D eigenvalue weighted by Gasteiger charge is -2.21. The minimum Gasteiger partial charge on any atom is -0.461 e. The first kappa shape index (κ1) is 19.7. The van der Waals surface area contributed by atoms with Crippen molar-refractivity contribution in [3.63, 3.8) is 0 Å². The molecule has 1 aromatic heterocycles. The summed E-state index contributed by atoms with van der Waals surface area (Å²) in [4.78, 5) is 30.4. The molecule has 2 rings (SSSR count). The summed E-state index contributed by atoms with van der Waals surface area (Å²) in [5, 5.41) is 3.05. The molecule has 0 fully saturated rings. The molecule has 0 aliphatic rings. The molecule has 2 aromatic rings. The Morgan fingerprint density at radius 2 is 2.00 bits per heavy atom. The molecule has 0 spiro atoms. The summed E-state index contributed by atoms with van der Waals surface area (Å²) >= 11 is 13.2. The van der Waals surface area contributed by atoms with Gasteiger partial charge in [0.1, 0.15) is 5.01 Å². The van der Waals surface area contributed by atoms with Crippen molar-refractivity contribution in [1.29, 1.82) is 0 Å². The van der Waals surface area contributed by atoms with Gasteiger partial charge in [0.15, 0.2) is 5.69 Å². The largest absolute Gasteiger partial charge is 0.461 e. The van der Waals surface area contributed by atoms with Crippen molar-refractivity contribution in [2.75, 3.05) is 13.2 Å². The van der Waals surface area contributed by atoms with Crippen LogP contribution in [0, 0.1) is 0 Å². The molecule has 1 heterocycles. The molecule has 25 heavy (non-hydrogen) atoms. The van der Waals surface area contributed by atoms with E-state index >= 15 is 0 Å². The minimum atomic E-state index is -0.456. The van der Waals surface area contributed by atoms with Gasteiger partial charge in [-0.3, -0.25) is 4.79 Å². The molecular weight excluding hydrogens is 383 g/mol. The number of carbonyl (C=O) groups excluding carboxylic acids is 2. The summed E-state index contributed by atoms with van der Waals surface area (Å²) in [6, 6.07) is 4.80. The Balaban J connectivity index is 2.16. The van der Waals surface area contributed by atoms with Gasteiger partial charge in [-0.15, -0.1) is 11.3 Å². The van der Waals surface area contributed by atoms with Gasteiger partial charge in [0, 0.05) is 17.5 Å². The zero-order valence-corrected chi connectivity index (χ0v) is 16.2. The first-order valence-electron chi connectivity index (χ1n) is 7.82. The van der Waals surface area contributed by atoms with E-state index in [1.165, 1.54) is 11.3 Å². The topological polar surface area (TPSA) is 59.5 Å². The number of ether oxygens (including phenoxy) is 1. The summed E-state index contributed by atoms with van der Waals surface area (Å²) in [6.07, 6.45) is 0.795. The Bertz CT molecular complexity index is 764. The zero-order chi connectivity index (χ0) is 18.4. The molecule has 8 heteroatoms. The number of esters is 1. The first-order chi connectivity index (χ1) is 12.0. The van der Waals surface area contributed by atoms with Crippen LogP contribution in [0.15, 0.2) is 23.6 Å². The molecule has 0 unspecified atom stereocenters. The normalized spacial score (nSPS) is 10.6. The van der Waals surface area contributed by atoms with Crippen LogP contribution in [0.5, 0.6) is 0 Å². The van der Waals surface area contributed by atoms with E-state index in [9.17, 15) is 9.59 Å². The second-order valence-corrected chi connectivity index (χ2v) is 6.96. The molecule has 0 atom stereocenters. The number of hydrogen-bond acceptors (Lipinski definition) is 5. The smallest absolute Gasteiger partial charge is 0.357 e. The van der Waals surface area contributed by atoms with Crippen molar-refractivity contribution < 1.29 is 14.3 Å². The van der Waals surface area contributed by atoms with Crippen molar-refractivity contribution in [2.24, 2.45) is 0 Å². The van der Waals surface area contributed by atoms with E-state index in [0.29, 0.717) is 40.3 Å². The number of amides is 1. The number of rotatable bonds is 7. The molecule has 0 aliphatic carbocycles. The van der Waals surface area contributed by atoms with Crippen molar-refractivity contribution >= 4 is 46.4 Å².